The molecule has 2 aromatic rings. The van der Waals surface area contributed by atoms with Crippen molar-refractivity contribution in [2.75, 3.05) is 26.7 Å². The van der Waals surface area contributed by atoms with Gasteiger partial charge in [-0.05, 0) is 38.1 Å². The summed E-state index contributed by atoms with van der Waals surface area (Å²) in [5.74, 6) is -0.0204. The molecule has 2 N–H and O–H groups in total. The molecule has 0 aliphatic carbocycles. The number of nitrogens with zero attached hydrogens (tertiary/aromatic N) is 2. The molecule has 2 aromatic heterocycles. The highest BCUT2D eigenvalue weighted by Gasteiger charge is 2.39. The molecule has 1 amide bonds. The molecule has 1 fully saturated rings. The van der Waals surface area contributed by atoms with Gasteiger partial charge in [0.1, 0.15) is 5.60 Å². The van der Waals surface area contributed by atoms with Gasteiger partial charge in [0.2, 0.25) is 0 Å². The van der Waals surface area contributed by atoms with Crippen molar-refractivity contribution in [3.8, 4) is 11.4 Å². The Labute approximate surface area is 145 Å². The molecule has 128 valence electrons. The highest BCUT2D eigenvalue weighted by molar-refractivity contribution is 7.09. The Morgan fingerprint density at radius 1 is 1.38 bits per heavy atom. The topological polar surface area (TPSA) is 76.1 Å². The lowest BCUT2D eigenvalue weighted by atomic mass is 9.91. The number of ether oxygens (including phenoxy) is 1. The zero-order valence-corrected chi connectivity index (χ0v) is 14.6. The van der Waals surface area contributed by atoms with Crippen LogP contribution in [0.5, 0.6) is 0 Å². The van der Waals surface area contributed by atoms with E-state index in [-0.39, 0.29) is 5.91 Å². The van der Waals surface area contributed by atoms with E-state index in [4.69, 9.17) is 4.74 Å². The highest BCUT2D eigenvalue weighted by Crippen LogP contribution is 2.23. The monoisotopic (exact) mass is 346 g/mol. The van der Waals surface area contributed by atoms with Crippen LogP contribution in [0.1, 0.15) is 17.8 Å². The maximum absolute atomic E-state index is 12.5. The molecule has 1 aliphatic heterocycles. The molecule has 1 saturated heterocycles. The second kappa shape index (κ2) is 7.83. The summed E-state index contributed by atoms with van der Waals surface area (Å²) in [6, 6.07) is 5.78. The van der Waals surface area contributed by atoms with Crippen LogP contribution in [0.15, 0.2) is 29.8 Å². The molecule has 3 rings (SSSR count). The highest BCUT2D eigenvalue weighted by atomic mass is 32.1. The first-order chi connectivity index (χ1) is 11.7. The van der Waals surface area contributed by atoms with Crippen molar-refractivity contribution >= 4 is 17.2 Å². The van der Waals surface area contributed by atoms with Gasteiger partial charge in [-0.25, -0.2) is 4.98 Å². The van der Waals surface area contributed by atoms with Gasteiger partial charge >= 0.3 is 0 Å². The van der Waals surface area contributed by atoms with Gasteiger partial charge in [0, 0.05) is 31.7 Å². The van der Waals surface area contributed by atoms with Gasteiger partial charge in [-0.15, -0.1) is 11.3 Å². The molecule has 0 aromatic carbocycles. The van der Waals surface area contributed by atoms with Crippen molar-refractivity contribution in [2.24, 2.45) is 0 Å². The minimum Gasteiger partial charge on any atom is -0.368 e. The molecule has 24 heavy (non-hydrogen) atoms. The summed E-state index contributed by atoms with van der Waals surface area (Å²) >= 11 is 1.59. The predicted molar refractivity (Wildman–Crippen MR) is 93.9 cm³/mol. The maximum Gasteiger partial charge on any atom is 0.252 e. The molecule has 0 bridgehead atoms. The number of aromatic nitrogens is 2. The zero-order valence-electron chi connectivity index (χ0n) is 13.7. The van der Waals surface area contributed by atoms with Gasteiger partial charge in [-0.1, -0.05) is 6.07 Å². The SMILES string of the molecule is COC1(C(=O)NCCc2nc(-c3ccccn3)cs2)CCNCC1. The van der Waals surface area contributed by atoms with E-state index in [9.17, 15) is 4.79 Å². The molecule has 0 spiro atoms. The van der Waals surface area contributed by atoms with E-state index in [1.807, 2.05) is 23.6 Å². The third-order valence-corrected chi connectivity index (χ3v) is 5.23. The van der Waals surface area contributed by atoms with E-state index in [2.05, 4.69) is 20.6 Å². The second-order valence-corrected chi connectivity index (χ2v) is 6.74. The zero-order chi connectivity index (χ0) is 16.8. The number of methoxy groups -OCH3 is 1. The smallest absolute Gasteiger partial charge is 0.252 e. The number of carbonyl (C=O) groups is 1. The van der Waals surface area contributed by atoms with Gasteiger partial charge < -0.3 is 15.4 Å². The normalized spacial score (nSPS) is 16.7. The lowest BCUT2D eigenvalue weighted by Gasteiger charge is -2.34. The molecular formula is C17H22N4O2S. The summed E-state index contributed by atoms with van der Waals surface area (Å²) < 4.78 is 5.53. The summed E-state index contributed by atoms with van der Waals surface area (Å²) in [6.45, 7) is 2.18. The van der Waals surface area contributed by atoms with Crippen LogP contribution < -0.4 is 10.6 Å². The van der Waals surface area contributed by atoms with E-state index in [1.54, 1.807) is 24.6 Å². The fourth-order valence-electron chi connectivity index (χ4n) is 2.86. The van der Waals surface area contributed by atoms with Crippen LogP contribution in [0, 0.1) is 0 Å². The van der Waals surface area contributed by atoms with Crippen molar-refractivity contribution in [3.63, 3.8) is 0 Å². The van der Waals surface area contributed by atoms with Crippen LogP contribution in [-0.4, -0.2) is 48.2 Å². The first-order valence-electron chi connectivity index (χ1n) is 8.13. The summed E-state index contributed by atoms with van der Waals surface area (Å²) in [4.78, 5) is 21.4. The largest absolute Gasteiger partial charge is 0.368 e. The van der Waals surface area contributed by atoms with Crippen LogP contribution in [0.4, 0.5) is 0 Å². The first kappa shape index (κ1) is 17.0. The number of pyridine rings is 1. The van der Waals surface area contributed by atoms with Crippen LogP contribution in [0.3, 0.4) is 0 Å². The van der Waals surface area contributed by atoms with Gasteiger partial charge in [0.05, 0.1) is 16.4 Å². The van der Waals surface area contributed by atoms with E-state index >= 15 is 0 Å². The Balaban J connectivity index is 1.53. The van der Waals surface area contributed by atoms with Gasteiger partial charge in [-0.2, -0.15) is 0 Å². The number of hydrogen-bond acceptors (Lipinski definition) is 6. The minimum atomic E-state index is -0.687. The molecule has 0 unspecified atom stereocenters. The van der Waals surface area contributed by atoms with Gasteiger partial charge in [0.15, 0.2) is 0 Å². The van der Waals surface area contributed by atoms with Crippen molar-refractivity contribution < 1.29 is 9.53 Å². The van der Waals surface area contributed by atoms with Crippen LogP contribution >= 0.6 is 11.3 Å². The van der Waals surface area contributed by atoms with Crippen LogP contribution in [0.2, 0.25) is 0 Å². The molecule has 0 radical (unpaired) electrons. The Bertz CT molecular complexity index is 668. The number of piperidine rings is 1. The van der Waals surface area contributed by atoms with Crippen molar-refractivity contribution in [3.05, 3.63) is 34.8 Å². The Kier molecular flexibility index (Phi) is 5.55. The molecule has 3 heterocycles. The Hall–Kier alpha value is -1.83. The lowest BCUT2D eigenvalue weighted by Crippen LogP contribution is -2.54. The fourth-order valence-corrected chi connectivity index (χ4v) is 3.65. The quantitative estimate of drug-likeness (QED) is 0.831. The predicted octanol–water partition coefficient (Wildman–Crippen LogP) is 1.63. The molecule has 6 nitrogen and oxygen atoms in total. The van der Waals surface area contributed by atoms with Crippen molar-refractivity contribution in [1.82, 2.24) is 20.6 Å². The molecule has 1 aliphatic rings. The molecular weight excluding hydrogens is 324 g/mol. The van der Waals surface area contributed by atoms with Gasteiger partial charge in [0.25, 0.3) is 5.91 Å². The Morgan fingerprint density at radius 2 is 2.21 bits per heavy atom. The minimum absolute atomic E-state index is 0.0204. The number of nitrogens with one attached hydrogen (secondary N) is 2. The third kappa shape index (κ3) is 3.80. The number of amides is 1. The molecule has 0 atom stereocenters. The van der Waals surface area contributed by atoms with Crippen molar-refractivity contribution in [2.45, 2.75) is 24.9 Å². The van der Waals surface area contributed by atoms with E-state index in [0.29, 0.717) is 25.8 Å². The molecule has 0 saturated carbocycles. The number of thiazole rings is 1. The standard InChI is InChI=1S/C17H22N4O2S/c1-23-17(6-10-18-11-7-17)16(22)20-9-5-15-21-14(12-24-15)13-4-2-3-8-19-13/h2-4,8,12,18H,5-7,9-11H2,1H3,(H,20,22). The average molecular weight is 346 g/mol. The summed E-state index contributed by atoms with van der Waals surface area (Å²) in [5, 5.41) is 9.25. The van der Waals surface area contributed by atoms with Crippen LogP contribution in [-0.2, 0) is 16.0 Å². The summed E-state index contributed by atoms with van der Waals surface area (Å²) in [6.07, 6.45) is 3.88. The maximum atomic E-state index is 12.5. The van der Waals surface area contributed by atoms with E-state index < -0.39 is 5.60 Å². The van der Waals surface area contributed by atoms with E-state index in [0.717, 1.165) is 29.5 Å². The molecule has 7 heteroatoms. The third-order valence-electron chi connectivity index (χ3n) is 4.32. The number of hydrogen-bond donors (Lipinski definition) is 2. The van der Waals surface area contributed by atoms with Crippen LogP contribution in [0.25, 0.3) is 11.4 Å². The number of rotatable bonds is 6. The lowest BCUT2D eigenvalue weighted by molar-refractivity contribution is -0.146. The van der Waals surface area contributed by atoms with Crippen molar-refractivity contribution in [1.29, 1.82) is 0 Å². The fraction of sp³-hybridized carbons (Fsp3) is 0.471. The van der Waals surface area contributed by atoms with E-state index in [1.165, 1.54) is 0 Å². The summed E-state index contributed by atoms with van der Waals surface area (Å²) in [7, 11) is 1.62. The number of carbonyl (C=O) groups excluding carboxylic acids is 1. The average Bonchev–Trinajstić information content (AvgIpc) is 3.12. The van der Waals surface area contributed by atoms with Gasteiger partial charge in [-0.3, -0.25) is 9.78 Å². The Morgan fingerprint density at radius 3 is 2.92 bits per heavy atom. The second-order valence-electron chi connectivity index (χ2n) is 5.80. The summed E-state index contributed by atoms with van der Waals surface area (Å²) in [5.41, 5.74) is 1.07. The first-order valence-corrected chi connectivity index (χ1v) is 9.01.